The van der Waals surface area contributed by atoms with Crippen molar-refractivity contribution < 1.29 is 5.11 Å². The van der Waals surface area contributed by atoms with Crippen LogP contribution in [-0.2, 0) is 0 Å². The van der Waals surface area contributed by atoms with E-state index in [9.17, 15) is 5.11 Å². The van der Waals surface area contributed by atoms with Gasteiger partial charge in [0, 0.05) is 0 Å². The molecule has 0 aromatic carbocycles. The van der Waals surface area contributed by atoms with Crippen LogP contribution >= 0.6 is 0 Å². The van der Waals surface area contributed by atoms with Gasteiger partial charge in [-0.25, -0.2) is 0 Å². The van der Waals surface area contributed by atoms with Crippen molar-refractivity contribution in [2.24, 2.45) is 11.8 Å². The fourth-order valence-corrected chi connectivity index (χ4v) is 2.50. The second-order valence-electron chi connectivity index (χ2n) is 6.08. The zero-order valence-electron chi connectivity index (χ0n) is 12.5. The Bertz CT molecular complexity index is 154. The molecule has 0 amide bonds. The fourth-order valence-electron chi connectivity index (χ4n) is 2.50. The highest BCUT2D eigenvalue weighted by atomic mass is 16.3. The topological polar surface area (TPSA) is 20.2 Å². The van der Waals surface area contributed by atoms with Gasteiger partial charge in [-0.3, -0.25) is 0 Å². The maximum Gasteiger partial charge on any atom is 0.0565 e. The third-order valence-corrected chi connectivity index (χ3v) is 3.60. The van der Waals surface area contributed by atoms with Crippen LogP contribution in [0.2, 0.25) is 0 Å². The number of rotatable bonds is 11. The van der Waals surface area contributed by atoms with Crippen molar-refractivity contribution in [3.05, 3.63) is 0 Å². The minimum atomic E-state index is -0.0759. The number of hydrogen-bond donors (Lipinski definition) is 1. The minimum Gasteiger partial charge on any atom is -0.393 e. The molecule has 0 aliphatic heterocycles. The molecule has 104 valence electrons. The first kappa shape index (κ1) is 17.0. The fraction of sp³-hybridized carbons (Fsp3) is 1.00. The average Bonchev–Trinajstić information content (AvgIpc) is 2.26. The van der Waals surface area contributed by atoms with Crippen molar-refractivity contribution >= 4 is 0 Å². The molecule has 0 aliphatic carbocycles. The normalized spacial score (nSPS) is 15.2. The Morgan fingerprint density at radius 1 is 0.824 bits per heavy atom. The molecular weight excluding hydrogens is 208 g/mol. The predicted octanol–water partition coefficient (Wildman–Crippen LogP) is 5.17. The van der Waals surface area contributed by atoms with Gasteiger partial charge in [-0.05, 0) is 24.7 Å². The van der Waals surface area contributed by atoms with E-state index >= 15 is 0 Å². The molecule has 0 fully saturated rings. The Morgan fingerprint density at radius 2 is 1.35 bits per heavy atom. The summed E-state index contributed by atoms with van der Waals surface area (Å²) in [7, 11) is 0. The summed E-state index contributed by atoms with van der Waals surface area (Å²) in [6.45, 7) is 8.91. The zero-order valence-corrected chi connectivity index (χ0v) is 12.5. The van der Waals surface area contributed by atoms with Gasteiger partial charge in [-0.15, -0.1) is 0 Å². The Labute approximate surface area is 109 Å². The molecule has 1 N–H and O–H groups in total. The highest BCUT2D eigenvalue weighted by molar-refractivity contribution is 4.66. The molecule has 0 bridgehead atoms. The molecule has 2 unspecified atom stereocenters. The third-order valence-electron chi connectivity index (χ3n) is 3.60. The lowest BCUT2D eigenvalue weighted by Gasteiger charge is -2.20. The molecule has 0 saturated heterocycles. The van der Waals surface area contributed by atoms with Gasteiger partial charge in [0.1, 0.15) is 0 Å². The standard InChI is InChI=1S/C16H34O/c1-5-6-7-8-9-10-11-12-16(17)15(4)13-14(2)3/h14-17H,5-13H2,1-4H3. The van der Waals surface area contributed by atoms with E-state index in [0.717, 1.165) is 12.8 Å². The first-order chi connectivity index (χ1) is 8.07. The van der Waals surface area contributed by atoms with Crippen LogP contribution in [0, 0.1) is 11.8 Å². The maximum absolute atomic E-state index is 10.0. The van der Waals surface area contributed by atoms with Crippen LogP contribution in [0.1, 0.15) is 85.5 Å². The summed E-state index contributed by atoms with van der Waals surface area (Å²) in [5, 5.41) is 10.0. The first-order valence-corrected chi connectivity index (χ1v) is 7.76. The van der Waals surface area contributed by atoms with Gasteiger partial charge in [-0.1, -0.05) is 72.6 Å². The average molecular weight is 242 g/mol. The summed E-state index contributed by atoms with van der Waals surface area (Å²) in [4.78, 5) is 0. The van der Waals surface area contributed by atoms with Gasteiger partial charge in [0.2, 0.25) is 0 Å². The van der Waals surface area contributed by atoms with Gasteiger partial charge in [0.05, 0.1) is 6.10 Å². The molecule has 17 heavy (non-hydrogen) atoms. The van der Waals surface area contributed by atoms with Gasteiger partial charge < -0.3 is 5.11 Å². The van der Waals surface area contributed by atoms with Gasteiger partial charge >= 0.3 is 0 Å². The number of aliphatic hydroxyl groups is 1. The van der Waals surface area contributed by atoms with Crippen molar-refractivity contribution in [3.8, 4) is 0 Å². The Balaban J connectivity index is 3.35. The number of unbranched alkanes of at least 4 members (excludes halogenated alkanes) is 6. The van der Waals surface area contributed by atoms with Crippen LogP contribution in [-0.4, -0.2) is 11.2 Å². The third kappa shape index (κ3) is 10.8. The minimum absolute atomic E-state index is 0.0759. The van der Waals surface area contributed by atoms with Crippen LogP contribution in [0.15, 0.2) is 0 Å². The largest absolute Gasteiger partial charge is 0.393 e. The molecule has 0 saturated carbocycles. The van der Waals surface area contributed by atoms with E-state index in [2.05, 4.69) is 27.7 Å². The quantitative estimate of drug-likeness (QED) is 0.496. The molecule has 0 aromatic heterocycles. The van der Waals surface area contributed by atoms with E-state index in [-0.39, 0.29) is 6.10 Å². The van der Waals surface area contributed by atoms with Crippen molar-refractivity contribution in [1.82, 2.24) is 0 Å². The van der Waals surface area contributed by atoms with Crippen LogP contribution in [0.25, 0.3) is 0 Å². The van der Waals surface area contributed by atoms with Gasteiger partial charge in [0.15, 0.2) is 0 Å². The summed E-state index contributed by atoms with van der Waals surface area (Å²) in [6, 6.07) is 0. The van der Waals surface area contributed by atoms with E-state index in [1.807, 2.05) is 0 Å². The van der Waals surface area contributed by atoms with Crippen molar-refractivity contribution in [2.75, 3.05) is 0 Å². The summed E-state index contributed by atoms with van der Waals surface area (Å²) < 4.78 is 0. The number of hydrogen-bond acceptors (Lipinski definition) is 1. The van der Waals surface area contributed by atoms with Crippen LogP contribution in [0.3, 0.4) is 0 Å². The number of aliphatic hydroxyl groups excluding tert-OH is 1. The van der Waals surface area contributed by atoms with Gasteiger partial charge in [-0.2, -0.15) is 0 Å². The van der Waals surface area contributed by atoms with Crippen LogP contribution in [0.5, 0.6) is 0 Å². The monoisotopic (exact) mass is 242 g/mol. The first-order valence-electron chi connectivity index (χ1n) is 7.76. The molecule has 0 radical (unpaired) electrons. The summed E-state index contributed by atoms with van der Waals surface area (Å²) >= 11 is 0. The Hall–Kier alpha value is -0.0400. The molecule has 0 heterocycles. The van der Waals surface area contributed by atoms with E-state index < -0.39 is 0 Å². The smallest absolute Gasteiger partial charge is 0.0565 e. The molecule has 0 aliphatic rings. The second-order valence-corrected chi connectivity index (χ2v) is 6.08. The molecule has 2 atom stereocenters. The predicted molar refractivity (Wildman–Crippen MR) is 77.2 cm³/mol. The summed E-state index contributed by atoms with van der Waals surface area (Å²) in [5.41, 5.74) is 0. The molecule has 0 aromatic rings. The van der Waals surface area contributed by atoms with E-state index in [0.29, 0.717) is 11.8 Å². The molecule has 0 spiro atoms. The SMILES string of the molecule is CCCCCCCCCC(O)C(C)CC(C)C. The molecule has 1 nitrogen and oxygen atoms in total. The molecular formula is C16H34O. The van der Waals surface area contributed by atoms with E-state index in [4.69, 9.17) is 0 Å². The van der Waals surface area contributed by atoms with Crippen molar-refractivity contribution in [3.63, 3.8) is 0 Å². The highest BCUT2D eigenvalue weighted by Gasteiger charge is 2.14. The van der Waals surface area contributed by atoms with Crippen molar-refractivity contribution in [2.45, 2.75) is 91.6 Å². The van der Waals surface area contributed by atoms with Crippen LogP contribution in [0.4, 0.5) is 0 Å². The van der Waals surface area contributed by atoms with E-state index in [1.165, 1.54) is 44.9 Å². The van der Waals surface area contributed by atoms with E-state index in [1.54, 1.807) is 0 Å². The second kappa shape index (κ2) is 11.1. The highest BCUT2D eigenvalue weighted by Crippen LogP contribution is 2.19. The summed E-state index contributed by atoms with van der Waals surface area (Å²) in [6.07, 6.45) is 11.4. The molecule has 0 rings (SSSR count). The lowest BCUT2D eigenvalue weighted by Crippen LogP contribution is -2.19. The van der Waals surface area contributed by atoms with Crippen molar-refractivity contribution in [1.29, 1.82) is 0 Å². The van der Waals surface area contributed by atoms with Crippen LogP contribution < -0.4 is 0 Å². The summed E-state index contributed by atoms with van der Waals surface area (Å²) in [5.74, 6) is 1.17. The maximum atomic E-state index is 10.0. The van der Waals surface area contributed by atoms with Gasteiger partial charge in [0.25, 0.3) is 0 Å². The lowest BCUT2D eigenvalue weighted by molar-refractivity contribution is 0.0933. The lowest BCUT2D eigenvalue weighted by atomic mass is 9.91. The zero-order chi connectivity index (χ0) is 13.1. The Kier molecular flexibility index (Phi) is 11.0. The Morgan fingerprint density at radius 3 is 1.88 bits per heavy atom. The molecule has 1 heteroatoms.